The van der Waals surface area contributed by atoms with Crippen LogP contribution in [0.1, 0.15) is 20.8 Å². The fourth-order valence-corrected chi connectivity index (χ4v) is 1.63. The smallest absolute Gasteiger partial charge is 0.325 e. The van der Waals surface area contributed by atoms with Gasteiger partial charge in [0.05, 0.1) is 5.69 Å². The molecule has 0 unspecified atom stereocenters. The molecular formula is C15H13FN2O4. The van der Waals surface area contributed by atoms with Crippen LogP contribution in [0.15, 0.2) is 42.6 Å². The zero-order chi connectivity index (χ0) is 15.9. The molecule has 114 valence electrons. The summed E-state index contributed by atoms with van der Waals surface area (Å²) in [7, 11) is 0. The number of esters is 1. The topological polar surface area (TPSA) is 88.3 Å². The number of rotatable bonds is 6. The standard InChI is InChI=1S/C15H13FN2O4/c16-11-5-3-10(4-6-11)15(21)18-8-14(20)22-9-13(19)12-2-1-7-17-12/h1-7,17H,8-9H2,(H,18,21). The van der Waals surface area contributed by atoms with Gasteiger partial charge in [0.1, 0.15) is 12.4 Å². The van der Waals surface area contributed by atoms with Gasteiger partial charge in [-0.2, -0.15) is 0 Å². The molecule has 0 spiro atoms. The molecule has 0 aliphatic rings. The number of hydrogen-bond acceptors (Lipinski definition) is 4. The van der Waals surface area contributed by atoms with Gasteiger partial charge in [-0.1, -0.05) is 0 Å². The van der Waals surface area contributed by atoms with E-state index >= 15 is 0 Å². The van der Waals surface area contributed by atoms with E-state index in [9.17, 15) is 18.8 Å². The van der Waals surface area contributed by atoms with Crippen LogP contribution in [0.4, 0.5) is 4.39 Å². The van der Waals surface area contributed by atoms with E-state index in [0.717, 1.165) is 12.1 Å². The highest BCUT2D eigenvalue weighted by Gasteiger charge is 2.12. The summed E-state index contributed by atoms with van der Waals surface area (Å²) in [5.41, 5.74) is 0.555. The van der Waals surface area contributed by atoms with Gasteiger partial charge < -0.3 is 15.0 Å². The monoisotopic (exact) mass is 304 g/mol. The van der Waals surface area contributed by atoms with Crippen LogP contribution in [-0.4, -0.2) is 35.8 Å². The number of ether oxygens (including phenoxy) is 1. The van der Waals surface area contributed by atoms with Crippen LogP contribution >= 0.6 is 0 Å². The van der Waals surface area contributed by atoms with Gasteiger partial charge in [0, 0.05) is 11.8 Å². The zero-order valence-corrected chi connectivity index (χ0v) is 11.5. The van der Waals surface area contributed by atoms with Gasteiger partial charge in [-0.05, 0) is 36.4 Å². The number of hydrogen-bond donors (Lipinski definition) is 2. The van der Waals surface area contributed by atoms with E-state index in [-0.39, 0.29) is 17.9 Å². The van der Waals surface area contributed by atoms with Crippen LogP contribution in [0, 0.1) is 5.82 Å². The Balaban J connectivity index is 1.74. The van der Waals surface area contributed by atoms with Crippen molar-refractivity contribution in [3.05, 3.63) is 59.7 Å². The first-order valence-electron chi connectivity index (χ1n) is 6.42. The van der Waals surface area contributed by atoms with Crippen molar-refractivity contribution in [2.75, 3.05) is 13.2 Å². The molecule has 2 aromatic rings. The molecule has 0 atom stereocenters. The highest BCUT2D eigenvalue weighted by Crippen LogP contribution is 2.02. The molecule has 0 saturated heterocycles. The number of carbonyl (C=O) groups excluding carboxylic acids is 3. The van der Waals surface area contributed by atoms with Crippen molar-refractivity contribution in [3.63, 3.8) is 0 Å². The van der Waals surface area contributed by atoms with Crippen molar-refractivity contribution >= 4 is 17.7 Å². The quantitative estimate of drug-likeness (QED) is 0.622. The van der Waals surface area contributed by atoms with Crippen LogP contribution in [0.3, 0.4) is 0 Å². The summed E-state index contributed by atoms with van der Waals surface area (Å²) in [6.07, 6.45) is 1.58. The maximum absolute atomic E-state index is 12.7. The summed E-state index contributed by atoms with van der Waals surface area (Å²) >= 11 is 0. The molecule has 6 nitrogen and oxygen atoms in total. The minimum absolute atomic E-state index is 0.219. The molecule has 1 heterocycles. The first-order chi connectivity index (χ1) is 10.6. The maximum atomic E-state index is 12.7. The molecule has 0 saturated carbocycles. The highest BCUT2D eigenvalue weighted by molar-refractivity contribution is 5.97. The van der Waals surface area contributed by atoms with Crippen molar-refractivity contribution in [2.24, 2.45) is 0 Å². The van der Waals surface area contributed by atoms with Crippen molar-refractivity contribution in [2.45, 2.75) is 0 Å². The van der Waals surface area contributed by atoms with Crippen molar-refractivity contribution in [1.82, 2.24) is 10.3 Å². The lowest BCUT2D eigenvalue weighted by atomic mass is 10.2. The van der Waals surface area contributed by atoms with E-state index in [1.165, 1.54) is 12.1 Å². The number of halogens is 1. The highest BCUT2D eigenvalue weighted by atomic mass is 19.1. The number of ketones is 1. The van der Waals surface area contributed by atoms with Crippen LogP contribution < -0.4 is 5.32 Å². The first kappa shape index (κ1) is 15.4. The molecule has 0 bridgehead atoms. The predicted molar refractivity (Wildman–Crippen MR) is 74.8 cm³/mol. The van der Waals surface area contributed by atoms with Gasteiger partial charge in [-0.15, -0.1) is 0 Å². The Morgan fingerprint density at radius 2 is 1.86 bits per heavy atom. The van der Waals surface area contributed by atoms with Gasteiger partial charge in [-0.3, -0.25) is 14.4 Å². The van der Waals surface area contributed by atoms with E-state index in [2.05, 4.69) is 10.3 Å². The summed E-state index contributed by atoms with van der Waals surface area (Å²) in [6.45, 7) is -0.792. The number of nitrogens with one attached hydrogen (secondary N) is 2. The molecule has 0 aliphatic heterocycles. The van der Waals surface area contributed by atoms with Crippen molar-refractivity contribution in [1.29, 1.82) is 0 Å². The third-order valence-corrected chi connectivity index (χ3v) is 2.76. The van der Waals surface area contributed by atoms with Crippen LogP contribution in [-0.2, 0) is 9.53 Å². The third kappa shape index (κ3) is 4.27. The minimum Gasteiger partial charge on any atom is -0.456 e. The number of amides is 1. The number of carbonyl (C=O) groups is 3. The van der Waals surface area contributed by atoms with Gasteiger partial charge in [0.2, 0.25) is 5.78 Å². The van der Waals surface area contributed by atoms with Gasteiger partial charge >= 0.3 is 5.97 Å². The van der Waals surface area contributed by atoms with Crippen LogP contribution in [0.25, 0.3) is 0 Å². The average Bonchev–Trinajstić information content (AvgIpc) is 3.05. The van der Waals surface area contributed by atoms with Gasteiger partial charge in [0.25, 0.3) is 5.91 Å². The first-order valence-corrected chi connectivity index (χ1v) is 6.42. The Morgan fingerprint density at radius 1 is 1.14 bits per heavy atom. The predicted octanol–water partition coefficient (Wildman–Crippen LogP) is 1.31. The summed E-state index contributed by atoms with van der Waals surface area (Å²) in [6, 6.07) is 8.09. The van der Waals surface area contributed by atoms with Crippen molar-refractivity contribution in [3.8, 4) is 0 Å². The van der Waals surface area contributed by atoms with E-state index in [1.807, 2.05) is 0 Å². The molecule has 1 aromatic heterocycles. The molecule has 2 rings (SSSR count). The molecule has 0 fully saturated rings. The third-order valence-electron chi connectivity index (χ3n) is 2.76. The molecule has 0 radical (unpaired) electrons. The summed E-state index contributed by atoms with van der Waals surface area (Å²) in [5.74, 6) is -2.11. The number of Topliss-reactive ketones (excluding diaryl/α,β-unsaturated/α-hetero) is 1. The molecule has 1 aromatic carbocycles. The maximum Gasteiger partial charge on any atom is 0.325 e. The molecule has 22 heavy (non-hydrogen) atoms. The molecule has 7 heteroatoms. The van der Waals surface area contributed by atoms with Crippen molar-refractivity contribution < 1.29 is 23.5 Å². The number of H-pyrrole nitrogens is 1. The van der Waals surface area contributed by atoms with E-state index < -0.39 is 24.3 Å². The minimum atomic E-state index is -0.740. The van der Waals surface area contributed by atoms with E-state index in [4.69, 9.17) is 4.74 Å². The van der Waals surface area contributed by atoms with E-state index in [0.29, 0.717) is 5.69 Å². The second kappa shape index (κ2) is 7.16. The normalized spacial score (nSPS) is 10.0. The van der Waals surface area contributed by atoms with Gasteiger partial charge in [0.15, 0.2) is 6.61 Å². The molecule has 2 N–H and O–H groups in total. The second-order valence-corrected chi connectivity index (χ2v) is 4.36. The Kier molecular flexibility index (Phi) is 5.02. The van der Waals surface area contributed by atoms with E-state index in [1.54, 1.807) is 18.3 Å². The summed E-state index contributed by atoms with van der Waals surface area (Å²) in [4.78, 5) is 37.4. The average molecular weight is 304 g/mol. The lowest BCUT2D eigenvalue weighted by Crippen LogP contribution is -2.31. The Bertz CT molecular complexity index is 665. The molecule has 1 amide bonds. The Hall–Kier alpha value is -2.96. The molecule has 0 aliphatic carbocycles. The van der Waals surface area contributed by atoms with Crippen LogP contribution in [0.2, 0.25) is 0 Å². The lowest BCUT2D eigenvalue weighted by Gasteiger charge is -2.06. The summed E-state index contributed by atoms with van der Waals surface area (Å²) < 4.78 is 17.5. The Labute approximate surface area is 125 Å². The van der Waals surface area contributed by atoms with Gasteiger partial charge in [-0.25, -0.2) is 4.39 Å². The lowest BCUT2D eigenvalue weighted by molar-refractivity contribution is -0.141. The summed E-state index contributed by atoms with van der Waals surface area (Å²) in [5, 5.41) is 2.32. The molecular weight excluding hydrogens is 291 g/mol. The fraction of sp³-hybridized carbons (Fsp3) is 0.133. The fourth-order valence-electron chi connectivity index (χ4n) is 1.63. The zero-order valence-electron chi connectivity index (χ0n) is 11.5. The Morgan fingerprint density at radius 3 is 2.50 bits per heavy atom. The number of aromatic amines is 1. The second-order valence-electron chi connectivity index (χ2n) is 4.36. The number of aromatic nitrogens is 1. The number of benzene rings is 1. The van der Waals surface area contributed by atoms with Crippen LogP contribution in [0.5, 0.6) is 0 Å². The SMILES string of the molecule is O=C(CNC(=O)c1ccc(F)cc1)OCC(=O)c1ccc[nH]1. The largest absolute Gasteiger partial charge is 0.456 e.